The molecule has 0 saturated carbocycles. The molecule has 3 heteroatoms. The zero-order valence-electron chi connectivity index (χ0n) is 8.69. The second-order valence-corrected chi connectivity index (χ2v) is 3.81. The van der Waals surface area contributed by atoms with E-state index in [0.29, 0.717) is 5.56 Å². The minimum atomic E-state index is -0.375. The summed E-state index contributed by atoms with van der Waals surface area (Å²) in [5.41, 5.74) is 2.58. The number of aryl methyl sites for hydroxylation is 1. The van der Waals surface area contributed by atoms with Crippen LogP contribution in [0.3, 0.4) is 0 Å². The quantitative estimate of drug-likeness (QED) is 0.713. The topological polar surface area (TPSA) is 46.5 Å². The number of benzene rings is 1. The second-order valence-electron chi connectivity index (χ2n) is 3.81. The molecule has 2 rings (SSSR count). The summed E-state index contributed by atoms with van der Waals surface area (Å²) in [4.78, 5) is 11.3. The van der Waals surface area contributed by atoms with Crippen molar-refractivity contribution in [1.29, 1.82) is 0 Å². The lowest BCUT2D eigenvalue weighted by molar-refractivity contribution is 0.0600. The van der Waals surface area contributed by atoms with Gasteiger partial charge in [0.05, 0.1) is 18.8 Å². The van der Waals surface area contributed by atoms with Crippen molar-refractivity contribution in [3.05, 3.63) is 34.9 Å². The Kier molecular flexibility index (Phi) is 2.73. The standard InChI is InChI=1S/C12H14O3/c1-15-12(14)9-5-6-10-8(7-9)3-2-4-11(10)13/h5-7,11,13H,2-4H2,1H3/t11-/m1/s1. The van der Waals surface area contributed by atoms with Crippen LogP contribution < -0.4 is 0 Å². The molecule has 0 heterocycles. The molecule has 0 bridgehead atoms. The van der Waals surface area contributed by atoms with Crippen LogP contribution in [0.15, 0.2) is 18.2 Å². The van der Waals surface area contributed by atoms with Crippen molar-refractivity contribution in [2.24, 2.45) is 0 Å². The van der Waals surface area contributed by atoms with E-state index in [0.717, 1.165) is 30.4 Å². The monoisotopic (exact) mass is 206 g/mol. The molecule has 0 amide bonds. The zero-order chi connectivity index (χ0) is 10.8. The molecular formula is C12H14O3. The van der Waals surface area contributed by atoms with Gasteiger partial charge < -0.3 is 9.84 Å². The second kappa shape index (κ2) is 4.03. The summed E-state index contributed by atoms with van der Waals surface area (Å²) in [6, 6.07) is 5.36. The van der Waals surface area contributed by atoms with Gasteiger partial charge in [-0.3, -0.25) is 0 Å². The Labute approximate surface area is 88.7 Å². The molecule has 0 spiro atoms. The van der Waals surface area contributed by atoms with Gasteiger partial charge in [0.25, 0.3) is 0 Å². The predicted molar refractivity (Wildman–Crippen MR) is 55.7 cm³/mol. The smallest absolute Gasteiger partial charge is 0.337 e. The lowest BCUT2D eigenvalue weighted by Gasteiger charge is -2.21. The first-order valence-corrected chi connectivity index (χ1v) is 5.11. The molecule has 1 aliphatic carbocycles. The van der Waals surface area contributed by atoms with Crippen LogP contribution >= 0.6 is 0 Å². The summed E-state index contributed by atoms with van der Waals surface area (Å²) < 4.78 is 4.65. The molecule has 0 aliphatic heterocycles. The summed E-state index contributed by atoms with van der Waals surface area (Å²) in [5.74, 6) is -0.321. The van der Waals surface area contributed by atoms with Crippen molar-refractivity contribution in [1.82, 2.24) is 0 Å². The normalized spacial score (nSPS) is 19.5. The fourth-order valence-electron chi connectivity index (χ4n) is 2.03. The average Bonchev–Trinajstić information content (AvgIpc) is 2.28. The molecular weight excluding hydrogens is 192 g/mol. The Morgan fingerprint density at radius 1 is 1.53 bits per heavy atom. The molecule has 1 aliphatic rings. The van der Waals surface area contributed by atoms with Crippen LogP contribution in [0.5, 0.6) is 0 Å². The van der Waals surface area contributed by atoms with Gasteiger partial charge in [0, 0.05) is 0 Å². The van der Waals surface area contributed by atoms with Crippen LogP contribution in [0, 0.1) is 0 Å². The molecule has 0 unspecified atom stereocenters. The predicted octanol–water partition coefficient (Wildman–Crippen LogP) is 1.84. The van der Waals surface area contributed by atoms with E-state index in [1.54, 1.807) is 6.07 Å². The van der Waals surface area contributed by atoms with E-state index in [4.69, 9.17) is 0 Å². The molecule has 80 valence electrons. The Hall–Kier alpha value is -1.35. The Balaban J connectivity index is 2.37. The van der Waals surface area contributed by atoms with E-state index in [2.05, 4.69) is 4.74 Å². The number of aliphatic hydroxyl groups excluding tert-OH is 1. The van der Waals surface area contributed by atoms with Crippen LogP contribution in [0.2, 0.25) is 0 Å². The minimum Gasteiger partial charge on any atom is -0.465 e. The lowest BCUT2D eigenvalue weighted by Crippen LogP contribution is -2.11. The van der Waals surface area contributed by atoms with E-state index < -0.39 is 0 Å². The Morgan fingerprint density at radius 2 is 2.33 bits per heavy atom. The molecule has 0 radical (unpaired) electrons. The number of methoxy groups -OCH3 is 1. The van der Waals surface area contributed by atoms with Crippen molar-refractivity contribution in [2.45, 2.75) is 25.4 Å². The number of aliphatic hydroxyl groups is 1. The summed E-state index contributed by atoms with van der Waals surface area (Å²) in [6.45, 7) is 0. The number of ether oxygens (including phenoxy) is 1. The number of carbonyl (C=O) groups is 1. The summed E-state index contributed by atoms with van der Waals surface area (Å²) in [6.07, 6.45) is 2.33. The van der Waals surface area contributed by atoms with Crippen molar-refractivity contribution in [3.63, 3.8) is 0 Å². The maximum atomic E-state index is 11.3. The third kappa shape index (κ3) is 1.88. The third-order valence-corrected chi connectivity index (χ3v) is 2.85. The number of esters is 1. The molecule has 15 heavy (non-hydrogen) atoms. The largest absolute Gasteiger partial charge is 0.465 e. The van der Waals surface area contributed by atoms with E-state index in [1.807, 2.05) is 12.1 Å². The van der Waals surface area contributed by atoms with Gasteiger partial charge in [-0.2, -0.15) is 0 Å². The number of carbonyl (C=O) groups excluding carboxylic acids is 1. The highest BCUT2D eigenvalue weighted by molar-refractivity contribution is 5.89. The average molecular weight is 206 g/mol. The summed E-state index contributed by atoms with van der Waals surface area (Å²) in [5, 5.41) is 9.73. The van der Waals surface area contributed by atoms with Gasteiger partial charge in [-0.15, -0.1) is 0 Å². The van der Waals surface area contributed by atoms with Crippen molar-refractivity contribution < 1.29 is 14.6 Å². The van der Waals surface area contributed by atoms with Crippen LogP contribution in [-0.2, 0) is 11.2 Å². The number of hydrogen-bond acceptors (Lipinski definition) is 3. The molecule has 1 aromatic carbocycles. The maximum Gasteiger partial charge on any atom is 0.337 e. The number of hydrogen-bond donors (Lipinski definition) is 1. The van der Waals surface area contributed by atoms with Crippen molar-refractivity contribution in [2.75, 3.05) is 7.11 Å². The van der Waals surface area contributed by atoms with Gasteiger partial charge in [-0.25, -0.2) is 4.79 Å². The van der Waals surface area contributed by atoms with Gasteiger partial charge in [0.1, 0.15) is 0 Å². The summed E-state index contributed by atoms with van der Waals surface area (Å²) in [7, 11) is 1.37. The van der Waals surface area contributed by atoms with Crippen LogP contribution in [-0.4, -0.2) is 18.2 Å². The van der Waals surface area contributed by atoms with Crippen molar-refractivity contribution >= 4 is 5.97 Å². The van der Waals surface area contributed by atoms with Gasteiger partial charge in [-0.1, -0.05) is 6.07 Å². The van der Waals surface area contributed by atoms with Gasteiger partial charge in [-0.05, 0) is 42.5 Å². The fourth-order valence-corrected chi connectivity index (χ4v) is 2.03. The first kappa shape index (κ1) is 10.2. The molecule has 0 fully saturated rings. The van der Waals surface area contributed by atoms with E-state index in [1.165, 1.54) is 7.11 Å². The van der Waals surface area contributed by atoms with Crippen molar-refractivity contribution in [3.8, 4) is 0 Å². The van der Waals surface area contributed by atoms with Crippen LogP contribution in [0.4, 0.5) is 0 Å². The van der Waals surface area contributed by atoms with E-state index in [-0.39, 0.29) is 12.1 Å². The molecule has 0 saturated heterocycles. The molecule has 3 nitrogen and oxygen atoms in total. The third-order valence-electron chi connectivity index (χ3n) is 2.85. The lowest BCUT2D eigenvalue weighted by atomic mass is 9.88. The van der Waals surface area contributed by atoms with E-state index in [9.17, 15) is 9.90 Å². The van der Waals surface area contributed by atoms with Gasteiger partial charge in [0.2, 0.25) is 0 Å². The zero-order valence-corrected chi connectivity index (χ0v) is 8.69. The number of fused-ring (bicyclic) bond motifs is 1. The molecule has 1 N–H and O–H groups in total. The SMILES string of the molecule is COC(=O)c1ccc2c(c1)CCC[C@H]2O. The maximum absolute atomic E-state index is 11.3. The fraction of sp³-hybridized carbons (Fsp3) is 0.417. The Morgan fingerprint density at radius 3 is 3.07 bits per heavy atom. The van der Waals surface area contributed by atoms with Gasteiger partial charge >= 0.3 is 5.97 Å². The summed E-state index contributed by atoms with van der Waals surface area (Å²) >= 11 is 0. The van der Waals surface area contributed by atoms with Gasteiger partial charge in [0.15, 0.2) is 0 Å². The number of rotatable bonds is 1. The highest BCUT2D eigenvalue weighted by Crippen LogP contribution is 2.30. The van der Waals surface area contributed by atoms with Crippen LogP contribution in [0.25, 0.3) is 0 Å². The van der Waals surface area contributed by atoms with Crippen LogP contribution in [0.1, 0.15) is 40.4 Å². The Bertz CT molecular complexity index is 384. The van der Waals surface area contributed by atoms with E-state index >= 15 is 0 Å². The minimum absolute atomic E-state index is 0.321. The molecule has 1 atom stereocenters. The first-order chi connectivity index (χ1) is 7.22. The first-order valence-electron chi connectivity index (χ1n) is 5.11. The highest BCUT2D eigenvalue weighted by atomic mass is 16.5. The molecule has 1 aromatic rings. The molecule has 0 aromatic heterocycles. The highest BCUT2D eigenvalue weighted by Gasteiger charge is 2.19.